The number of hydrogen-bond acceptors (Lipinski definition) is 3. The average Bonchev–Trinajstić information content (AvgIpc) is 2.05. The van der Waals surface area contributed by atoms with Crippen LogP contribution in [-0.2, 0) is 9.53 Å². The minimum atomic E-state index is 0.0745. The lowest BCUT2D eigenvalue weighted by atomic mass is 10.2. The van der Waals surface area contributed by atoms with Crippen molar-refractivity contribution in [3.63, 3.8) is 0 Å². The SMILES string of the molecule is CCNC(C)CC(=O)NCCOC. The zero-order chi connectivity index (χ0) is 10.1. The van der Waals surface area contributed by atoms with E-state index in [0.717, 1.165) is 6.54 Å². The third-order valence-electron chi connectivity index (χ3n) is 1.67. The Kier molecular flexibility index (Phi) is 7.63. The van der Waals surface area contributed by atoms with E-state index in [0.29, 0.717) is 19.6 Å². The van der Waals surface area contributed by atoms with Crippen LogP contribution in [0, 0.1) is 0 Å². The van der Waals surface area contributed by atoms with Crippen LogP contribution in [0.4, 0.5) is 0 Å². The highest BCUT2D eigenvalue weighted by Crippen LogP contribution is 1.89. The maximum absolute atomic E-state index is 11.2. The number of hydrogen-bond donors (Lipinski definition) is 2. The van der Waals surface area contributed by atoms with Crippen molar-refractivity contribution in [1.29, 1.82) is 0 Å². The molecule has 13 heavy (non-hydrogen) atoms. The molecular weight excluding hydrogens is 168 g/mol. The molecule has 1 unspecified atom stereocenters. The molecule has 0 bridgehead atoms. The Hall–Kier alpha value is -0.610. The summed E-state index contributed by atoms with van der Waals surface area (Å²) in [7, 11) is 1.62. The summed E-state index contributed by atoms with van der Waals surface area (Å²) in [5.74, 6) is 0.0745. The molecule has 4 nitrogen and oxygen atoms in total. The first-order valence-corrected chi connectivity index (χ1v) is 4.69. The molecule has 4 heteroatoms. The second-order valence-electron chi connectivity index (χ2n) is 3.01. The largest absolute Gasteiger partial charge is 0.383 e. The summed E-state index contributed by atoms with van der Waals surface area (Å²) in [5, 5.41) is 5.94. The predicted octanol–water partition coefficient (Wildman–Crippen LogP) is 0.137. The number of amides is 1. The molecule has 0 aliphatic heterocycles. The van der Waals surface area contributed by atoms with Gasteiger partial charge >= 0.3 is 0 Å². The molecule has 0 aromatic rings. The average molecular weight is 188 g/mol. The molecule has 1 atom stereocenters. The molecule has 0 heterocycles. The van der Waals surface area contributed by atoms with E-state index in [4.69, 9.17) is 4.74 Å². The van der Waals surface area contributed by atoms with Gasteiger partial charge in [0, 0.05) is 26.1 Å². The Morgan fingerprint density at radius 1 is 1.54 bits per heavy atom. The molecule has 0 fully saturated rings. The third-order valence-corrected chi connectivity index (χ3v) is 1.67. The summed E-state index contributed by atoms with van der Waals surface area (Å²) < 4.78 is 4.81. The Labute approximate surface area is 80.0 Å². The van der Waals surface area contributed by atoms with Gasteiger partial charge in [0.05, 0.1) is 6.61 Å². The van der Waals surface area contributed by atoms with Crippen LogP contribution in [0.3, 0.4) is 0 Å². The van der Waals surface area contributed by atoms with Gasteiger partial charge < -0.3 is 15.4 Å². The third kappa shape index (κ3) is 7.74. The van der Waals surface area contributed by atoms with Gasteiger partial charge in [-0.15, -0.1) is 0 Å². The minimum Gasteiger partial charge on any atom is -0.383 e. The van der Waals surface area contributed by atoms with Crippen LogP contribution >= 0.6 is 0 Å². The van der Waals surface area contributed by atoms with E-state index >= 15 is 0 Å². The first kappa shape index (κ1) is 12.4. The fourth-order valence-electron chi connectivity index (χ4n) is 1.06. The van der Waals surface area contributed by atoms with Crippen LogP contribution in [0.1, 0.15) is 20.3 Å². The van der Waals surface area contributed by atoms with E-state index in [1.807, 2.05) is 13.8 Å². The van der Waals surface area contributed by atoms with Gasteiger partial charge in [0.25, 0.3) is 0 Å². The molecule has 0 aromatic carbocycles. The summed E-state index contributed by atoms with van der Waals surface area (Å²) in [6, 6.07) is 0.243. The summed E-state index contributed by atoms with van der Waals surface area (Å²) in [5.41, 5.74) is 0. The zero-order valence-electron chi connectivity index (χ0n) is 8.72. The van der Waals surface area contributed by atoms with E-state index in [-0.39, 0.29) is 11.9 Å². The van der Waals surface area contributed by atoms with Gasteiger partial charge in [-0.3, -0.25) is 4.79 Å². The highest BCUT2D eigenvalue weighted by Gasteiger charge is 2.06. The minimum absolute atomic E-state index is 0.0745. The number of methoxy groups -OCH3 is 1. The molecule has 78 valence electrons. The van der Waals surface area contributed by atoms with Gasteiger partial charge in [-0.1, -0.05) is 6.92 Å². The van der Waals surface area contributed by atoms with Crippen molar-refractivity contribution in [2.75, 3.05) is 26.8 Å². The summed E-state index contributed by atoms with van der Waals surface area (Å²) in [6.07, 6.45) is 0.525. The fourth-order valence-corrected chi connectivity index (χ4v) is 1.06. The van der Waals surface area contributed by atoms with Crippen molar-refractivity contribution in [1.82, 2.24) is 10.6 Å². The number of nitrogens with one attached hydrogen (secondary N) is 2. The fraction of sp³-hybridized carbons (Fsp3) is 0.889. The zero-order valence-corrected chi connectivity index (χ0v) is 8.72. The van der Waals surface area contributed by atoms with E-state index in [1.54, 1.807) is 7.11 Å². The van der Waals surface area contributed by atoms with Crippen molar-refractivity contribution in [3.8, 4) is 0 Å². The molecule has 0 aromatic heterocycles. The standard InChI is InChI=1S/C9H20N2O2/c1-4-10-8(2)7-9(12)11-5-6-13-3/h8,10H,4-7H2,1-3H3,(H,11,12). The highest BCUT2D eigenvalue weighted by molar-refractivity contribution is 5.76. The molecule has 0 spiro atoms. The van der Waals surface area contributed by atoms with Gasteiger partial charge in [0.2, 0.25) is 5.91 Å². The van der Waals surface area contributed by atoms with Crippen LogP contribution < -0.4 is 10.6 Å². The smallest absolute Gasteiger partial charge is 0.221 e. The van der Waals surface area contributed by atoms with Gasteiger partial charge in [0.15, 0.2) is 0 Å². The van der Waals surface area contributed by atoms with E-state index in [2.05, 4.69) is 10.6 Å². The van der Waals surface area contributed by atoms with Crippen LogP contribution in [0.2, 0.25) is 0 Å². The topological polar surface area (TPSA) is 50.4 Å². The van der Waals surface area contributed by atoms with Crippen molar-refractivity contribution in [2.24, 2.45) is 0 Å². The lowest BCUT2D eigenvalue weighted by Gasteiger charge is -2.11. The summed E-state index contributed by atoms with van der Waals surface area (Å²) >= 11 is 0. The number of rotatable bonds is 7. The second-order valence-corrected chi connectivity index (χ2v) is 3.01. The Bertz CT molecular complexity index is 140. The monoisotopic (exact) mass is 188 g/mol. The normalized spacial score (nSPS) is 12.5. The molecule has 0 radical (unpaired) electrons. The first-order chi connectivity index (χ1) is 6.20. The maximum Gasteiger partial charge on any atom is 0.221 e. The summed E-state index contributed by atoms with van der Waals surface area (Å²) in [4.78, 5) is 11.2. The summed E-state index contributed by atoms with van der Waals surface area (Å²) in [6.45, 7) is 6.08. The van der Waals surface area contributed by atoms with Crippen LogP contribution in [-0.4, -0.2) is 38.8 Å². The molecule has 0 saturated carbocycles. The highest BCUT2D eigenvalue weighted by atomic mass is 16.5. The van der Waals surface area contributed by atoms with Crippen molar-refractivity contribution >= 4 is 5.91 Å². The molecule has 0 rings (SSSR count). The van der Waals surface area contributed by atoms with Crippen molar-refractivity contribution < 1.29 is 9.53 Å². The van der Waals surface area contributed by atoms with Gasteiger partial charge in [0.1, 0.15) is 0 Å². The van der Waals surface area contributed by atoms with Crippen LogP contribution in [0.15, 0.2) is 0 Å². The van der Waals surface area contributed by atoms with Crippen LogP contribution in [0.25, 0.3) is 0 Å². The molecule has 0 aliphatic rings. The molecule has 0 saturated heterocycles. The van der Waals surface area contributed by atoms with Crippen molar-refractivity contribution in [3.05, 3.63) is 0 Å². The molecule has 1 amide bonds. The van der Waals surface area contributed by atoms with Gasteiger partial charge in [-0.05, 0) is 13.5 Å². The van der Waals surface area contributed by atoms with Crippen LogP contribution in [0.5, 0.6) is 0 Å². The first-order valence-electron chi connectivity index (χ1n) is 4.69. The Morgan fingerprint density at radius 2 is 2.23 bits per heavy atom. The van der Waals surface area contributed by atoms with E-state index in [9.17, 15) is 4.79 Å². The Morgan fingerprint density at radius 3 is 2.77 bits per heavy atom. The molecule has 0 aliphatic carbocycles. The second kappa shape index (κ2) is 8.01. The van der Waals surface area contributed by atoms with Gasteiger partial charge in [-0.2, -0.15) is 0 Å². The predicted molar refractivity (Wildman–Crippen MR) is 52.6 cm³/mol. The van der Waals surface area contributed by atoms with Gasteiger partial charge in [-0.25, -0.2) is 0 Å². The number of ether oxygens (including phenoxy) is 1. The lowest BCUT2D eigenvalue weighted by molar-refractivity contribution is -0.121. The molecular formula is C9H20N2O2. The number of carbonyl (C=O) groups is 1. The van der Waals surface area contributed by atoms with E-state index in [1.165, 1.54) is 0 Å². The lowest BCUT2D eigenvalue weighted by Crippen LogP contribution is -2.34. The van der Waals surface area contributed by atoms with E-state index < -0.39 is 0 Å². The Balaban J connectivity index is 3.38. The maximum atomic E-state index is 11.2. The molecule has 2 N–H and O–H groups in total. The van der Waals surface area contributed by atoms with Crippen molar-refractivity contribution in [2.45, 2.75) is 26.3 Å². The quantitative estimate of drug-likeness (QED) is 0.559. The number of carbonyl (C=O) groups excluding carboxylic acids is 1.